The number of aromatic hydroxyl groups is 2. The summed E-state index contributed by atoms with van der Waals surface area (Å²) >= 11 is 0. The van der Waals surface area contributed by atoms with E-state index in [9.17, 15) is 24.9 Å². The molecule has 25 heavy (non-hydrogen) atoms. The lowest BCUT2D eigenvalue weighted by Crippen LogP contribution is -2.20. The molecule has 134 valence electrons. The molecule has 7 heteroatoms. The third kappa shape index (κ3) is 4.18. The number of rotatable bonds is 0. The van der Waals surface area contributed by atoms with Gasteiger partial charge in [-0.2, -0.15) is 0 Å². The highest BCUT2D eigenvalue weighted by Crippen LogP contribution is 2.33. The molecule has 1 aromatic carbocycles. The predicted molar refractivity (Wildman–Crippen MR) is 86.4 cm³/mol. The van der Waals surface area contributed by atoms with E-state index < -0.39 is 23.9 Å². The molecule has 0 bridgehead atoms. The van der Waals surface area contributed by atoms with Crippen molar-refractivity contribution in [2.45, 2.75) is 50.6 Å². The summed E-state index contributed by atoms with van der Waals surface area (Å²) in [6, 6.07) is 2.27. The lowest BCUT2D eigenvalue weighted by molar-refractivity contribution is -0.114. The Morgan fingerprint density at radius 3 is 2.60 bits per heavy atom. The SMILES string of the molecule is C[C@@H]1C[C@H]2OC2C[C@H](O)C=CC(=O)Cc2cc(O)cc(O)c2C(=O)O1. The molecule has 2 aliphatic heterocycles. The van der Waals surface area contributed by atoms with E-state index in [-0.39, 0.29) is 41.3 Å². The van der Waals surface area contributed by atoms with Gasteiger partial charge >= 0.3 is 5.97 Å². The van der Waals surface area contributed by atoms with Gasteiger partial charge in [-0.25, -0.2) is 4.79 Å². The minimum atomic E-state index is -0.809. The van der Waals surface area contributed by atoms with Crippen LogP contribution >= 0.6 is 0 Å². The minimum Gasteiger partial charge on any atom is -0.508 e. The predicted octanol–water partition coefficient (Wildman–Crippen LogP) is 1.23. The van der Waals surface area contributed by atoms with Gasteiger partial charge in [0.05, 0.1) is 18.3 Å². The summed E-state index contributed by atoms with van der Waals surface area (Å²) in [5, 5.41) is 29.6. The summed E-state index contributed by atoms with van der Waals surface area (Å²) in [5.74, 6) is -1.84. The van der Waals surface area contributed by atoms with Crippen LogP contribution in [0.4, 0.5) is 0 Å². The Morgan fingerprint density at radius 1 is 1.12 bits per heavy atom. The molecule has 0 spiro atoms. The van der Waals surface area contributed by atoms with Gasteiger partial charge in [0.2, 0.25) is 0 Å². The van der Waals surface area contributed by atoms with Gasteiger partial charge in [0, 0.05) is 25.3 Å². The first-order chi connectivity index (χ1) is 11.8. The molecule has 0 aliphatic carbocycles. The Bertz CT molecular complexity index is 724. The molecule has 1 aromatic rings. The number of allylic oxidation sites excluding steroid dienone is 1. The zero-order chi connectivity index (χ0) is 18.1. The van der Waals surface area contributed by atoms with Gasteiger partial charge in [-0.1, -0.05) is 6.08 Å². The van der Waals surface area contributed by atoms with Crippen LogP contribution in [0.15, 0.2) is 24.3 Å². The minimum absolute atomic E-state index is 0.114. The summed E-state index contributed by atoms with van der Waals surface area (Å²) < 4.78 is 10.8. The highest BCUT2D eigenvalue weighted by atomic mass is 16.6. The number of fused-ring (bicyclic) bond motifs is 2. The van der Waals surface area contributed by atoms with Crippen molar-refractivity contribution >= 4 is 11.8 Å². The number of hydrogen-bond donors (Lipinski definition) is 3. The third-order valence-electron chi connectivity index (χ3n) is 4.29. The normalized spacial score (nSPS) is 30.0. The highest BCUT2D eigenvalue weighted by Gasteiger charge is 2.41. The molecule has 0 amide bonds. The number of aliphatic hydroxyl groups excluding tert-OH is 1. The summed E-state index contributed by atoms with van der Waals surface area (Å²) in [4.78, 5) is 24.5. The first-order valence-electron chi connectivity index (χ1n) is 8.14. The van der Waals surface area contributed by atoms with Gasteiger partial charge in [0.25, 0.3) is 0 Å². The van der Waals surface area contributed by atoms with Gasteiger partial charge < -0.3 is 24.8 Å². The van der Waals surface area contributed by atoms with E-state index >= 15 is 0 Å². The van der Waals surface area contributed by atoms with Crippen molar-refractivity contribution in [3.05, 3.63) is 35.4 Å². The number of hydrogen-bond acceptors (Lipinski definition) is 7. The number of cyclic esters (lactones) is 1. The topological polar surface area (TPSA) is 117 Å². The van der Waals surface area contributed by atoms with Gasteiger partial charge in [-0.15, -0.1) is 0 Å². The number of ketones is 1. The third-order valence-corrected chi connectivity index (χ3v) is 4.29. The van der Waals surface area contributed by atoms with Gasteiger partial charge in [0.1, 0.15) is 23.2 Å². The molecular weight excluding hydrogens is 328 g/mol. The molecule has 3 rings (SSSR count). The second-order valence-corrected chi connectivity index (χ2v) is 6.47. The van der Waals surface area contributed by atoms with Crippen LogP contribution < -0.4 is 0 Å². The smallest absolute Gasteiger partial charge is 0.342 e. The zero-order valence-electron chi connectivity index (χ0n) is 13.7. The number of esters is 1. The van der Waals surface area contributed by atoms with Crippen molar-refractivity contribution in [2.75, 3.05) is 0 Å². The van der Waals surface area contributed by atoms with Crippen molar-refractivity contribution in [1.29, 1.82) is 0 Å². The number of aliphatic hydroxyl groups is 1. The lowest BCUT2D eigenvalue weighted by atomic mass is 9.99. The maximum Gasteiger partial charge on any atom is 0.342 e. The second kappa shape index (κ2) is 6.85. The standard InChI is InChI=1S/C18H20O7/c1-9-4-15-16(25-15)8-12(20)3-2-11(19)5-10-6-13(21)7-14(22)17(10)18(23)24-9/h2-3,6-7,9,12,15-16,20-22H,4-5,8H2,1H3/t9-,12-,15-,16?/m1/s1. The summed E-state index contributed by atoms with van der Waals surface area (Å²) in [6.45, 7) is 1.71. The summed E-state index contributed by atoms with van der Waals surface area (Å²) in [5.41, 5.74) is 0.0220. The van der Waals surface area contributed by atoms with Crippen LogP contribution in [-0.2, 0) is 20.7 Å². The molecule has 1 unspecified atom stereocenters. The molecule has 4 atom stereocenters. The molecular formula is C18H20O7. The molecule has 2 aliphatic rings. The molecule has 0 aromatic heterocycles. The number of benzene rings is 1. The maximum absolute atomic E-state index is 12.4. The van der Waals surface area contributed by atoms with Crippen molar-refractivity contribution in [3.63, 3.8) is 0 Å². The van der Waals surface area contributed by atoms with Crippen LogP contribution in [0.1, 0.15) is 35.7 Å². The molecule has 7 nitrogen and oxygen atoms in total. The van der Waals surface area contributed by atoms with Crippen molar-refractivity contribution in [2.24, 2.45) is 0 Å². The van der Waals surface area contributed by atoms with E-state index in [0.717, 1.165) is 6.07 Å². The zero-order valence-corrected chi connectivity index (χ0v) is 13.7. The number of epoxide rings is 1. The van der Waals surface area contributed by atoms with Crippen molar-refractivity contribution in [1.82, 2.24) is 0 Å². The largest absolute Gasteiger partial charge is 0.508 e. The monoisotopic (exact) mass is 348 g/mol. The molecule has 0 radical (unpaired) electrons. The van der Waals surface area contributed by atoms with Crippen LogP contribution in [0.25, 0.3) is 0 Å². The van der Waals surface area contributed by atoms with Crippen molar-refractivity contribution in [3.8, 4) is 11.5 Å². The Kier molecular flexibility index (Phi) is 4.78. The van der Waals surface area contributed by atoms with Crippen LogP contribution in [-0.4, -0.2) is 51.5 Å². The number of carbonyl (C=O) groups is 2. The molecule has 1 saturated heterocycles. The first kappa shape index (κ1) is 17.4. The van der Waals surface area contributed by atoms with Crippen molar-refractivity contribution < 1.29 is 34.4 Å². The summed E-state index contributed by atoms with van der Waals surface area (Å²) in [6.07, 6.45) is 1.73. The van der Waals surface area contributed by atoms with E-state index in [1.807, 2.05) is 0 Å². The number of carbonyl (C=O) groups excluding carboxylic acids is 2. The van der Waals surface area contributed by atoms with Gasteiger partial charge in [-0.3, -0.25) is 4.79 Å². The van der Waals surface area contributed by atoms with E-state index in [1.54, 1.807) is 6.92 Å². The fourth-order valence-electron chi connectivity index (χ4n) is 3.04. The Balaban J connectivity index is 1.94. The van der Waals surface area contributed by atoms with Crippen LogP contribution in [0.5, 0.6) is 11.5 Å². The Morgan fingerprint density at radius 2 is 1.84 bits per heavy atom. The average Bonchev–Trinajstić information content (AvgIpc) is 3.20. The lowest BCUT2D eigenvalue weighted by Gasteiger charge is -2.16. The van der Waals surface area contributed by atoms with Crippen LogP contribution in [0.2, 0.25) is 0 Å². The molecule has 3 N–H and O–H groups in total. The fourth-order valence-corrected chi connectivity index (χ4v) is 3.04. The van der Waals surface area contributed by atoms with Crippen LogP contribution in [0, 0.1) is 0 Å². The Hall–Kier alpha value is -2.38. The fraction of sp³-hybridized carbons (Fsp3) is 0.444. The van der Waals surface area contributed by atoms with E-state index in [2.05, 4.69) is 0 Å². The number of ether oxygens (including phenoxy) is 2. The van der Waals surface area contributed by atoms with E-state index in [1.165, 1.54) is 18.2 Å². The van der Waals surface area contributed by atoms with Gasteiger partial charge in [-0.05, 0) is 24.6 Å². The quantitative estimate of drug-likeness (QED) is 0.477. The molecule has 0 saturated carbocycles. The number of phenols is 2. The molecule has 1 fully saturated rings. The van der Waals surface area contributed by atoms with Crippen LogP contribution in [0.3, 0.4) is 0 Å². The van der Waals surface area contributed by atoms with E-state index in [4.69, 9.17) is 9.47 Å². The maximum atomic E-state index is 12.4. The van der Waals surface area contributed by atoms with Gasteiger partial charge in [0.15, 0.2) is 5.78 Å². The molecule has 2 heterocycles. The first-order valence-corrected chi connectivity index (χ1v) is 8.14. The average molecular weight is 348 g/mol. The Labute approximate surface area is 144 Å². The highest BCUT2D eigenvalue weighted by molar-refractivity contribution is 5.98. The summed E-state index contributed by atoms with van der Waals surface area (Å²) in [7, 11) is 0. The second-order valence-electron chi connectivity index (χ2n) is 6.47. The van der Waals surface area contributed by atoms with E-state index in [0.29, 0.717) is 12.8 Å². The number of phenolic OH excluding ortho intramolecular Hbond substituents is 2.